The van der Waals surface area contributed by atoms with Crippen LogP contribution in [0.5, 0.6) is 0 Å². The van der Waals surface area contributed by atoms with E-state index in [0.717, 1.165) is 19.5 Å². The molecule has 1 atom stereocenters. The zero-order valence-corrected chi connectivity index (χ0v) is 12.4. The maximum absolute atomic E-state index is 12.3. The Labute approximate surface area is 119 Å². The molecule has 1 aromatic rings. The highest BCUT2D eigenvalue weighted by atomic mass is 32.2. The third kappa shape index (κ3) is 3.00. The van der Waals surface area contributed by atoms with Crippen LogP contribution >= 0.6 is 0 Å². The van der Waals surface area contributed by atoms with Gasteiger partial charge in [0.05, 0.1) is 4.90 Å². The molecular formula is C13H19N3O3S. The summed E-state index contributed by atoms with van der Waals surface area (Å²) in [5, 5.41) is 3.21. The molecule has 2 N–H and O–H groups in total. The number of hydrogen-bond acceptors (Lipinski definition) is 4. The van der Waals surface area contributed by atoms with Gasteiger partial charge in [0.25, 0.3) is 5.91 Å². The number of sulfonamides is 1. The largest absolute Gasteiger partial charge is 0.337 e. The van der Waals surface area contributed by atoms with Crippen molar-refractivity contribution in [3.8, 4) is 0 Å². The molecular weight excluding hydrogens is 278 g/mol. The van der Waals surface area contributed by atoms with E-state index in [4.69, 9.17) is 0 Å². The van der Waals surface area contributed by atoms with Crippen LogP contribution in [0.2, 0.25) is 0 Å². The van der Waals surface area contributed by atoms with Crippen LogP contribution in [0.3, 0.4) is 0 Å². The molecule has 0 aliphatic carbocycles. The van der Waals surface area contributed by atoms with Gasteiger partial charge in [0, 0.05) is 25.2 Å². The predicted octanol–water partition coefficient (Wildman–Crippen LogP) is 0.0286. The molecule has 2 rings (SSSR count). The van der Waals surface area contributed by atoms with Crippen molar-refractivity contribution in [1.82, 2.24) is 14.9 Å². The number of benzene rings is 1. The number of nitrogens with zero attached hydrogens (tertiary/aromatic N) is 1. The lowest BCUT2D eigenvalue weighted by molar-refractivity contribution is 0.0743. The molecule has 1 fully saturated rings. The molecule has 1 aliphatic rings. The molecule has 0 aromatic heterocycles. The van der Waals surface area contributed by atoms with Crippen LogP contribution in [0, 0.1) is 0 Å². The van der Waals surface area contributed by atoms with Gasteiger partial charge in [0.15, 0.2) is 0 Å². The van der Waals surface area contributed by atoms with Gasteiger partial charge in [0.1, 0.15) is 0 Å². The minimum absolute atomic E-state index is 0.0906. The SMILES string of the molecule is CNS(=O)(=O)c1ccc(C(=O)N(C)C2CCNC2)cc1. The van der Waals surface area contributed by atoms with E-state index in [9.17, 15) is 13.2 Å². The summed E-state index contributed by atoms with van der Waals surface area (Å²) >= 11 is 0. The summed E-state index contributed by atoms with van der Waals surface area (Å²) in [4.78, 5) is 14.2. The van der Waals surface area contributed by atoms with E-state index in [-0.39, 0.29) is 16.8 Å². The molecule has 0 bridgehead atoms. The molecule has 6 nitrogen and oxygen atoms in total. The van der Waals surface area contributed by atoms with Crippen molar-refractivity contribution in [3.63, 3.8) is 0 Å². The number of amides is 1. The number of hydrogen-bond donors (Lipinski definition) is 2. The van der Waals surface area contributed by atoms with E-state index < -0.39 is 10.0 Å². The highest BCUT2D eigenvalue weighted by Gasteiger charge is 2.24. The van der Waals surface area contributed by atoms with Crippen LogP contribution in [0.25, 0.3) is 0 Å². The molecule has 0 spiro atoms. The molecule has 1 amide bonds. The predicted molar refractivity (Wildman–Crippen MR) is 76.1 cm³/mol. The molecule has 1 heterocycles. The summed E-state index contributed by atoms with van der Waals surface area (Å²) in [5.74, 6) is -0.0906. The highest BCUT2D eigenvalue weighted by molar-refractivity contribution is 7.89. The normalized spacial score (nSPS) is 19.0. The summed E-state index contributed by atoms with van der Waals surface area (Å²) in [6.45, 7) is 1.72. The number of carbonyl (C=O) groups is 1. The Hall–Kier alpha value is -1.44. The molecule has 1 unspecified atom stereocenters. The zero-order valence-electron chi connectivity index (χ0n) is 11.6. The maximum atomic E-state index is 12.3. The van der Waals surface area contributed by atoms with Crippen LogP contribution in [0.1, 0.15) is 16.8 Å². The van der Waals surface area contributed by atoms with E-state index >= 15 is 0 Å². The summed E-state index contributed by atoms with van der Waals surface area (Å²) in [5.41, 5.74) is 0.495. The quantitative estimate of drug-likeness (QED) is 0.822. The van der Waals surface area contributed by atoms with E-state index in [2.05, 4.69) is 10.0 Å². The Bertz CT molecular complexity index is 577. The Kier molecular flexibility index (Phi) is 4.42. The summed E-state index contributed by atoms with van der Waals surface area (Å²) < 4.78 is 25.5. The van der Waals surface area contributed by atoms with Crippen molar-refractivity contribution in [1.29, 1.82) is 0 Å². The van der Waals surface area contributed by atoms with Gasteiger partial charge in [-0.1, -0.05) is 0 Å². The molecule has 110 valence electrons. The van der Waals surface area contributed by atoms with Gasteiger partial charge in [-0.25, -0.2) is 13.1 Å². The van der Waals surface area contributed by atoms with Crippen molar-refractivity contribution >= 4 is 15.9 Å². The number of nitrogens with one attached hydrogen (secondary N) is 2. The average Bonchev–Trinajstić information content (AvgIpc) is 3.00. The van der Waals surface area contributed by atoms with E-state index in [1.54, 1.807) is 24.1 Å². The van der Waals surface area contributed by atoms with Crippen LogP contribution in [-0.2, 0) is 10.0 Å². The van der Waals surface area contributed by atoms with E-state index in [0.29, 0.717) is 5.56 Å². The third-order valence-electron chi connectivity index (χ3n) is 3.58. The molecule has 1 saturated heterocycles. The smallest absolute Gasteiger partial charge is 0.253 e. The number of rotatable bonds is 4. The lowest BCUT2D eigenvalue weighted by atomic mass is 10.1. The van der Waals surface area contributed by atoms with Crippen molar-refractivity contribution < 1.29 is 13.2 Å². The first kappa shape index (κ1) is 15.0. The minimum Gasteiger partial charge on any atom is -0.337 e. The molecule has 7 heteroatoms. The fourth-order valence-electron chi connectivity index (χ4n) is 2.23. The zero-order chi connectivity index (χ0) is 14.8. The molecule has 1 aromatic carbocycles. The van der Waals surface area contributed by atoms with E-state index in [1.165, 1.54) is 19.2 Å². The van der Waals surface area contributed by atoms with Gasteiger partial charge in [-0.15, -0.1) is 0 Å². The first-order chi connectivity index (χ1) is 9.45. The highest BCUT2D eigenvalue weighted by Crippen LogP contribution is 2.14. The summed E-state index contributed by atoms with van der Waals surface area (Å²) in [7, 11) is -0.329. The van der Waals surface area contributed by atoms with Gasteiger partial charge in [-0.2, -0.15) is 0 Å². The van der Waals surface area contributed by atoms with Gasteiger partial charge >= 0.3 is 0 Å². The number of carbonyl (C=O) groups excluding carboxylic acids is 1. The van der Waals surface area contributed by atoms with Crippen LogP contribution < -0.4 is 10.0 Å². The second-order valence-electron chi connectivity index (χ2n) is 4.79. The fourth-order valence-corrected chi connectivity index (χ4v) is 2.96. The summed E-state index contributed by atoms with van der Waals surface area (Å²) in [6.07, 6.45) is 0.939. The van der Waals surface area contributed by atoms with Gasteiger partial charge in [-0.05, 0) is 44.3 Å². The second-order valence-corrected chi connectivity index (χ2v) is 6.68. The Morgan fingerprint density at radius 2 is 2.00 bits per heavy atom. The summed E-state index contributed by atoms with van der Waals surface area (Å²) in [6, 6.07) is 6.18. The second kappa shape index (κ2) is 5.90. The molecule has 1 aliphatic heterocycles. The van der Waals surface area contributed by atoms with Gasteiger partial charge < -0.3 is 10.2 Å². The maximum Gasteiger partial charge on any atom is 0.253 e. The Morgan fingerprint density at radius 3 is 2.50 bits per heavy atom. The number of likely N-dealkylation sites (N-methyl/N-ethyl adjacent to an activating group) is 1. The monoisotopic (exact) mass is 297 g/mol. The van der Waals surface area contributed by atoms with Crippen LogP contribution in [-0.4, -0.2) is 52.5 Å². The molecule has 20 heavy (non-hydrogen) atoms. The first-order valence-electron chi connectivity index (χ1n) is 6.47. The lowest BCUT2D eigenvalue weighted by Gasteiger charge is -2.23. The molecule has 0 radical (unpaired) electrons. The fraction of sp³-hybridized carbons (Fsp3) is 0.462. The average molecular weight is 297 g/mol. The van der Waals surface area contributed by atoms with Gasteiger partial charge in [0.2, 0.25) is 10.0 Å². The third-order valence-corrected chi connectivity index (χ3v) is 5.01. The van der Waals surface area contributed by atoms with Crippen molar-refractivity contribution in [2.45, 2.75) is 17.4 Å². The Morgan fingerprint density at radius 1 is 1.35 bits per heavy atom. The van der Waals surface area contributed by atoms with Gasteiger partial charge in [-0.3, -0.25) is 4.79 Å². The standard InChI is InChI=1S/C13H19N3O3S/c1-14-20(18,19)12-5-3-10(4-6-12)13(17)16(2)11-7-8-15-9-11/h3-6,11,14-15H,7-9H2,1-2H3. The first-order valence-corrected chi connectivity index (χ1v) is 7.95. The molecule has 0 saturated carbocycles. The topological polar surface area (TPSA) is 78.5 Å². The Balaban J connectivity index is 2.15. The van der Waals surface area contributed by atoms with Crippen molar-refractivity contribution in [2.24, 2.45) is 0 Å². The van der Waals surface area contributed by atoms with Crippen molar-refractivity contribution in [3.05, 3.63) is 29.8 Å². The van der Waals surface area contributed by atoms with Crippen LogP contribution in [0.15, 0.2) is 29.2 Å². The van der Waals surface area contributed by atoms with Crippen LogP contribution in [0.4, 0.5) is 0 Å². The minimum atomic E-state index is -3.46. The lowest BCUT2D eigenvalue weighted by Crippen LogP contribution is -2.38. The van der Waals surface area contributed by atoms with Crippen molar-refractivity contribution in [2.75, 3.05) is 27.2 Å². The van der Waals surface area contributed by atoms with E-state index in [1.807, 2.05) is 0 Å².